The molecule has 0 heterocycles. The van der Waals surface area contributed by atoms with Gasteiger partial charge in [0.15, 0.2) is 0 Å². The smallest absolute Gasteiger partial charge is 0.339 e. The number of carbonyl (C=O) groups is 2. The lowest BCUT2D eigenvalue weighted by atomic mass is 10.1. The summed E-state index contributed by atoms with van der Waals surface area (Å²) >= 11 is 3.31. The minimum atomic E-state index is -0.444. The number of methoxy groups -OCH3 is 1. The molecular weight excluding hydrogens is 350 g/mol. The molecule has 22 heavy (non-hydrogen) atoms. The van der Waals surface area contributed by atoms with Crippen LogP contribution in [0.1, 0.15) is 36.0 Å². The van der Waals surface area contributed by atoms with Crippen LogP contribution in [0.4, 0.5) is 0 Å². The Hall–Kier alpha value is -1.56. The van der Waals surface area contributed by atoms with Crippen LogP contribution in [-0.4, -0.2) is 32.1 Å². The quantitative estimate of drug-likeness (QED) is 0.618. The summed E-state index contributed by atoms with van der Waals surface area (Å²) in [7, 11) is 1.54. The lowest BCUT2D eigenvalue weighted by Crippen LogP contribution is -2.32. The largest absolute Gasteiger partial charge is 0.497 e. The van der Waals surface area contributed by atoms with Gasteiger partial charge in [0.25, 0.3) is 0 Å². The molecule has 2 rings (SSSR count). The maximum absolute atomic E-state index is 12.0. The molecule has 1 aliphatic carbocycles. The number of amides is 1. The normalized spacial score (nSPS) is 14.6. The van der Waals surface area contributed by atoms with Crippen molar-refractivity contribution >= 4 is 27.8 Å². The third-order valence-electron chi connectivity index (χ3n) is 3.75. The molecule has 0 atom stereocenters. The number of rotatable bonds is 6. The Balaban J connectivity index is 1.77. The van der Waals surface area contributed by atoms with Crippen LogP contribution in [-0.2, 0) is 9.53 Å². The van der Waals surface area contributed by atoms with Crippen molar-refractivity contribution in [3.05, 3.63) is 28.2 Å². The fourth-order valence-corrected chi connectivity index (χ4v) is 2.92. The van der Waals surface area contributed by atoms with Gasteiger partial charge in [0.2, 0.25) is 5.91 Å². The number of esters is 1. The summed E-state index contributed by atoms with van der Waals surface area (Å²) < 4.78 is 10.9. The second kappa shape index (κ2) is 8.17. The van der Waals surface area contributed by atoms with E-state index in [1.807, 2.05) is 0 Å². The van der Waals surface area contributed by atoms with Crippen LogP contribution >= 0.6 is 15.9 Å². The first-order chi connectivity index (χ1) is 10.6. The van der Waals surface area contributed by atoms with Gasteiger partial charge in [-0.25, -0.2) is 4.79 Å². The Morgan fingerprint density at radius 2 is 2.05 bits per heavy atom. The van der Waals surface area contributed by atoms with Crippen molar-refractivity contribution in [1.82, 2.24) is 5.32 Å². The van der Waals surface area contributed by atoms with Crippen LogP contribution in [0.2, 0.25) is 0 Å². The van der Waals surface area contributed by atoms with Gasteiger partial charge in [0, 0.05) is 10.4 Å². The first kappa shape index (κ1) is 16.8. The van der Waals surface area contributed by atoms with Crippen LogP contribution in [0.25, 0.3) is 0 Å². The van der Waals surface area contributed by atoms with Gasteiger partial charge < -0.3 is 14.8 Å². The fraction of sp³-hybridized carbons (Fsp3) is 0.500. The molecule has 0 radical (unpaired) electrons. The van der Waals surface area contributed by atoms with E-state index < -0.39 is 5.97 Å². The summed E-state index contributed by atoms with van der Waals surface area (Å²) in [4.78, 5) is 23.8. The average molecular weight is 370 g/mol. The summed E-state index contributed by atoms with van der Waals surface area (Å²) in [5, 5.41) is 2.82. The maximum atomic E-state index is 12.0. The van der Waals surface area contributed by atoms with Crippen LogP contribution < -0.4 is 10.1 Å². The molecule has 1 N–H and O–H groups in total. The zero-order valence-electron chi connectivity index (χ0n) is 12.6. The SMILES string of the molecule is COc1ccc(Br)c(C(=O)OCCNC(=O)C2CCCC2)c1. The van der Waals surface area contributed by atoms with Crippen molar-refractivity contribution in [2.45, 2.75) is 25.7 Å². The van der Waals surface area contributed by atoms with Gasteiger partial charge in [-0.3, -0.25) is 4.79 Å². The Morgan fingerprint density at radius 1 is 1.32 bits per heavy atom. The minimum Gasteiger partial charge on any atom is -0.497 e. The summed E-state index contributed by atoms with van der Waals surface area (Å²) in [5.74, 6) is 0.338. The molecule has 1 saturated carbocycles. The van der Waals surface area contributed by atoms with E-state index in [9.17, 15) is 9.59 Å². The van der Waals surface area contributed by atoms with Gasteiger partial charge in [-0.15, -0.1) is 0 Å². The Morgan fingerprint density at radius 3 is 2.73 bits per heavy atom. The number of halogens is 1. The molecule has 1 aliphatic rings. The van der Waals surface area contributed by atoms with E-state index in [2.05, 4.69) is 21.2 Å². The molecule has 0 saturated heterocycles. The predicted molar refractivity (Wildman–Crippen MR) is 85.9 cm³/mol. The fourth-order valence-electron chi connectivity index (χ4n) is 2.52. The summed E-state index contributed by atoms with van der Waals surface area (Å²) in [6.45, 7) is 0.490. The summed E-state index contributed by atoms with van der Waals surface area (Å²) in [6, 6.07) is 5.10. The van der Waals surface area contributed by atoms with E-state index in [0.717, 1.165) is 25.7 Å². The van der Waals surface area contributed by atoms with E-state index in [1.54, 1.807) is 18.2 Å². The second-order valence-corrected chi connectivity index (χ2v) is 6.11. The monoisotopic (exact) mass is 369 g/mol. The molecule has 1 fully saturated rings. The zero-order chi connectivity index (χ0) is 15.9. The number of ether oxygens (including phenoxy) is 2. The third-order valence-corrected chi connectivity index (χ3v) is 4.45. The molecule has 1 aromatic carbocycles. The first-order valence-electron chi connectivity index (χ1n) is 7.40. The zero-order valence-corrected chi connectivity index (χ0v) is 14.1. The predicted octanol–water partition coefficient (Wildman–Crippen LogP) is 2.92. The van der Waals surface area contributed by atoms with Crippen molar-refractivity contribution in [1.29, 1.82) is 0 Å². The van der Waals surface area contributed by atoms with Gasteiger partial charge in [0.05, 0.1) is 19.2 Å². The third kappa shape index (κ3) is 4.47. The van der Waals surface area contributed by atoms with Gasteiger partial charge in [0.1, 0.15) is 12.4 Å². The van der Waals surface area contributed by atoms with Gasteiger partial charge in [-0.2, -0.15) is 0 Å². The maximum Gasteiger partial charge on any atom is 0.339 e. The molecule has 0 unspecified atom stereocenters. The van der Waals surface area contributed by atoms with E-state index >= 15 is 0 Å². The van der Waals surface area contributed by atoms with E-state index in [1.165, 1.54) is 7.11 Å². The lowest BCUT2D eigenvalue weighted by molar-refractivity contribution is -0.124. The molecule has 0 spiro atoms. The highest BCUT2D eigenvalue weighted by atomic mass is 79.9. The molecule has 0 aliphatic heterocycles. The van der Waals surface area contributed by atoms with E-state index in [4.69, 9.17) is 9.47 Å². The Kier molecular flexibility index (Phi) is 6.24. The molecule has 5 nitrogen and oxygen atoms in total. The summed E-state index contributed by atoms with van der Waals surface area (Å²) in [5.41, 5.74) is 0.404. The minimum absolute atomic E-state index is 0.0658. The molecule has 1 amide bonds. The van der Waals surface area contributed by atoms with Gasteiger partial charge in [-0.05, 0) is 47.0 Å². The number of hydrogen-bond acceptors (Lipinski definition) is 4. The van der Waals surface area contributed by atoms with Crippen LogP contribution in [0.3, 0.4) is 0 Å². The van der Waals surface area contributed by atoms with Crippen molar-refractivity contribution in [3.63, 3.8) is 0 Å². The highest BCUT2D eigenvalue weighted by molar-refractivity contribution is 9.10. The highest BCUT2D eigenvalue weighted by Crippen LogP contribution is 2.25. The standard InChI is InChI=1S/C16H20BrNO4/c1-21-12-6-7-14(17)13(10-12)16(20)22-9-8-18-15(19)11-4-2-3-5-11/h6-7,10-11H,2-5,8-9H2,1H3,(H,18,19). The van der Waals surface area contributed by atoms with Crippen molar-refractivity contribution < 1.29 is 19.1 Å². The molecule has 120 valence electrons. The van der Waals surface area contributed by atoms with Gasteiger partial charge >= 0.3 is 5.97 Å². The molecule has 6 heteroatoms. The van der Waals surface area contributed by atoms with Gasteiger partial charge in [-0.1, -0.05) is 12.8 Å². The number of carbonyl (C=O) groups excluding carboxylic acids is 2. The van der Waals surface area contributed by atoms with Crippen LogP contribution in [0.5, 0.6) is 5.75 Å². The topological polar surface area (TPSA) is 64.6 Å². The average Bonchev–Trinajstić information content (AvgIpc) is 3.06. The van der Waals surface area contributed by atoms with E-state index in [0.29, 0.717) is 22.3 Å². The van der Waals surface area contributed by atoms with Crippen molar-refractivity contribution in [3.8, 4) is 5.75 Å². The number of nitrogens with one attached hydrogen (secondary N) is 1. The number of hydrogen-bond donors (Lipinski definition) is 1. The van der Waals surface area contributed by atoms with E-state index in [-0.39, 0.29) is 18.4 Å². The summed E-state index contributed by atoms with van der Waals surface area (Å²) in [6.07, 6.45) is 4.17. The van der Waals surface area contributed by atoms with Crippen LogP contribution in [0.15, 0.2) is 22.7 Å². The van der Waals surface area contributed by atoms with Crippen molar-refractivity contribution in [2.75, 3.05) is 20.3 Å². The van der Waals surface area contributed by atoms with Crippen LogP contribution in [0, 0.1) is 5.92 Å². The Bertz CT molecular complexity index is 541. The molecular formula is C16H20BrNO4. The highest BCUT2D eigenvalue weighted by Gasteiger charge is 2.22. The number of benzene rings is 1. The Labute approximate surface area is 138 Å². The second-order valence-electron chi connectivity index (χ2n) is 5.25. The van der Waals surface area contributed by atoms with Crippen molar-refractivity contribution in [2.24, 2.45) is 5.92 Å². The first-order valence-corrected chi connectivity index (χ1v) is 8.19. The molecule has 0 aromatic heterocycles. The lowest BCUT2D eigenvalue weighted by Gasteiger charge is -2.11. The molecule has 1 aromatic rings. The molecule has 0 bridgehead atoms.